The Morgan fingerprint density at radius 1 is 1.35 bits per heavy atom. The fourth-order valence-electron chi connectivity index (χ4n) is 1.34. The second-order valence-corrected chi connectivity index (χ2v) is 3.82. The molecule has 17 heavy (non-hydrogen) atoms. The molecular weight excluding hydrogens is 242 g/mol. The minimum absolute atomic E-state index is 0.171. The molecule has 94 valence electrons. The molecule has 0 aliphatic carbocycles. The summed E-state index contributed by atoms with van der Waals surface area (Å²) in [6.45, 7) is 0.394. The molecule has 1 aromatic rings. The molecule has 0 aliphatic heterocycles. The lowest BCUT2D eigenvalue weighted by Crippen LogP contribution is -2.39. The lowest BCUT2D eigenvalue weighted by molar-refractivity contribution is 0.0907. The van der Waals surface area contributed by atoms with Crippen LogP contribution >= 0.6 is 11.6 Å². The SMILES string of the molecule is COCC(CCl)NC(=O)c1ccc(OC)cc1. The van der Waals surface area contributed by atoms with Crippen molar-refractivity contribution in [3.05, 3.63) is 29.8 Å². The number of carbonyl (C=O) groups is 1. The topological polar surface area (TPSA) is 47.6 Å². The van der Waals surface area contributed by atoms with Gasteiger partial charge in [0.1, 0.15) is 5.75 Å². The Balaban J connectivity index is 2.62. The molecule has 1 atom stereocenters. The van der Waals surface area contributed by atoms with Gasteiger partial charge in [0, 0.05) is 18.6 Å². The highest BCUT2D eigenvalue weighted by molar-refractivity contribution is 6.18. The first-order valence-electron chi connectivity index (χ1n) is 5.21. The van der Waals surface area contributed by atoms with Crippen molar-refractivity contribution in [2.45, 2.75) is 6.04 Å². The summed E-state index contributed by atoms with van der Waals surface area (Å²) in [6, 6.07) is 6.69. The van der Waals surface area contributed by atoms with Gasteiger partial charge in [-0.1, -0.05) is 0 Å². The third-order valence-corrected chi connectivity index (χ3v) is 2.61. The van der Waals surface area contributed by atoms with Crippen LogP contribution in [-0.2, 0) is 4.74 Å². The summed E-state index contributed by atoms with van der Waals surface area (Å²) in [7, 11) is 3.15. The number of alkyl halides is 1. The quantitative estimate of drug-likeness (QED) is 0.789. The molecule has 0 heterocycles. The van der Waals surface area contributed by atoms with Crippen LogP contribution in [0.15, 0.2) is 24.3 Å². The number of methoxy groups -OCH3 is 2. The molecule has 1 aromatic carbocycles. The zero-order valence-electron chi connectivity index (χ0n) is 9.90. The summed E-state index contributed by atoms with van der Waals surface area (Å²) < 4.78 is 9.97. The molecule has 0 bridgehead atoms. The first-order chi connectivity index (χ1) is 8.21. The lowest BCUT2D eigenvalue weighted by Gasteiger charge is -2.15. The Kier molecular flexibility index (Phi) is 5.80. The van der Waals surface area contributed by atoms with Gasteiger partial charge in [0.05, 0.1) is 19.8 Å². The normalized spacial score (nSPS) is 11.9. The molecule has 0 saturated heterocycles. The largest absolute Gasteiger partial charge is 0.497 e. The Morgan fingerprint density at radius 2 is 2.00 bits per heavy atom. The number of halogens is 1. The van der Waals surface area contributed by atoms with Gasteiger partial charge in [0.2, 0.25) is 0 Å². The number of hydrogen-bond acceptors (Lipinski definition) is 3. The Bertz CT molecular complexity index is 353. The van der Waals surface area contributed by atoms with Crippen molar-refractivity contribution in [3.63, 3.8) is 0 Å². The highest BCUT2D eigenvalue weighted by Gasteiger charge is 2.12. The Hall–Kier alpha value is -1.26. The molecular formula is C12H16ClNO3. The zero-order valence-corrected chi connectivity index (χ0v) is 10.7. The van der Waals surface area contributed by atoms with Crippen molar-refractivity contribution in [2.75, 3.05) is 26.7 Å². The number of amides is 1. The van der Waals surface area contributed by atoms with Crippen molar-refractivity contribution in [1.29, 1.82) is 0 Å². The standard InChI is InChI=1S/C12H16ClNO3/c1-16-8-10(7-13)14-12(15)9-3-5-11(17-2)6-4-9/h3-6,10H,7-8H2,1-2H3,(H,14,15). The predicted octanol–water partition coefficient (Wildman–Crippen LogP) is 1.68. The van der Waals surface area contributed by atoms with Gasteiger partial charge < -0.3 is 14.8 Å². The number of ether oxygens (including phenoxy) is 2. The second kappa shape index (κ2) is 7.14. The molecule has 0 fully saturated rings. The zero-order chi connectivity index (χ0) is 12.7. The highest BCUT2D eigenvalue weighted by atomic mass is 35.5. The van der Waals surface area contributed by atoms with Gasteiger partial charge >= 0.3 is 0 Å². The predicted molar refractivity (Wildman–Crippen MR) is 66.8 cm³/mol. The summed E-state index contributed by atoms with van der Waals surface area (Å²) in [5.41, 5.74) is 0.567. The van der Waals surface area contributed by atoms with E-state index in [9.17, 15) is 4.79 Å². The average molecular weight is 258 g/mol. The summed E-state index contributed by atoms with van der Waals surface area (Å²) in [6.07, 6.45) is 0. The third kappa shape index (κ3) is 4.24. The number of rotatable bonds is 6. The molecule has 0 radical (unpaired) electrons. The Morgan fingerprint density at radius 3 is 2.47 bits per heavy atom. The molecule has 1 N–H and O–H groups in total. The molecule has 1 unspecified atom stereocenters. The van der Waals surface area contributed by atoms with E-state index in [1.807, 2.05) is 0 Å². The van der Waals surface area contributed by atoms with Crippen LogP contribution < -0.4 is 10.1 Å². The van der Waals surface area contributed by atoms with E-state index in [2.05, 4.69) is 5.32 Å². The fraction of sp³-hybridized carbons (Fsp3) is 0.417. The fourth-order valence-corrected chi connectivity index (χ4v) is 1.50. The molecule has 4 nitrogen and oxygen atoms in total. The van der Waals surface area contributed by atoms with E-state index >= 15 is 0 Å². The van der Waals surface area contributed by atoms with Crippen LogP contribution in [-0.4, -0.2) is 38.7 Å². The summed E-state index contributed by atoms with van der Waals surface area (Å²) in [4.78, 5) is 11.8. The van der Waals surface area contributed by atoms with Gasteiger partial charge in [-0.25, -0.2) is 0 Å². The molecule has 1 rings (SSSR count). The van der Waals surface area contributed by atoms with Crippen LogP contribution in [0, 0.1) is 0 Å². The molecule has 0 spiro atoms. The van der Waals surface area contributed by atoms with E-state index < -0.39 is 0 Å². The van der Waals surface area contributed by atoms with Gasteiger partial charge in [-0.15, -0.1) is 11.6 Å². The maximum atomic E-state index is 11.8. The van der Waals surface area contributed by atoms with Crippen LogP contribution in [0.1, 0.15) is 10.4 Å². The Labute approximate surface area is 106 Å². The number of carbonyl (C=O) groups excluding carboxylic acids is 1. The van der Waals surface area contributed by atoms with E-state index in [0.717, 1.165) is 0 Å². The van der Waals surface area contributed by atoms with Crippen molar-refractivity contribution >= 4 is 17.5 Å². The van der Waals surface area contributed by atoms with Crippen molar-refractivity contribution in [1.82, 2.24) is 5.32 Å². The van der Waals surface area contributed by atoms with Gasteiger partial charge in [-0.3, -0.25) is 4.79 Å². The van der Waals surface area contributed by atoms with Crippen LogP contribution in [0.3, 0.4) is 0 Å². The van der Waals surface area contributed by atoms with E-state index in [1.54, 1.807) is 38.5 Å². The number of nitrogens with one attached hydrogen (secondary N) is 1. The van der Waals surface area contributed by atoms with Crippen LogP contribution in [0.5, 0.6) is 5.75 Å². The lowest BCUT2D eigenvalue weighted by atomic mass is 10.2. The highest BCUT2D eigenvalue weighted by Crippen LogP contribution is 2.11. The van der Waals surface area contributed by atoms with Crippen molar-refractivity contribution < 1.29 is 14.3 Å². The van der Waals surface area contributed by atoms with Gasteiger partial charge in [-0.05, 0) is 24.3 Å². The average Bonchev–Trinajstić information content (AvgIpc) is 2.38. The van der Waals surface area contributed by atoms with Crippen LogP contribution in [0.25, 0.3) is 0 Å². The van der Waals surface area contributed by atoms with Gasteiger partial charge in [0.15, 0.2) is 0 Å². The monoisotopic (exact) mass is 257 g/mol. The smallest absolute Gasteiger partial charge is 0.251 e. The summed E-state index contributed by atoms with van der Waals surface area (Å²) >= 11 is 5.71. The minimum Gasteiger partial charge on any atom is -0.497 e. The minimum atomic E-state index is -0.184. The first kappa shape index (κ1) is 13.8. The maximum absolute atomic E-state index is 11.8. The summed E-state index contributed by atoms with van der Waals surface area (Å²) in [5.74, 6) is 0.859. The summed E-state index contributed by atoms with van der Waals surface area (Å²) in [5, 5.41) is 2.78. The molecule has 0 aromatic heterocycles. The van der Waals surface area contributed by atoms with Crippen molar-refractivity contribution in [3.8, 4) is 5.75 Å². The van der Waals surface area contributed by atoms with Gasteiger partial charge in [-0.2, -0.15) is 0 Å². The van der Waals surface area contributed by atoms with Crippen molar-refractivity contribution in [2.24, 2.45) is 0 Å². The van der Waals surface area contributed by atoms with Crippen LogP contribution in [0.4, 0.5) is 0 Å². The first-order valence-corrected chi connectivity index (χ1v) is 5.74. The second-order valence-electron chi connectivity index (χ2n) is 3.51. The molecule has 5 heteroatoms. The number of benzene rings is 1. The molecule has 0 aliphatic rings. The van der Waals surface area contributed by atoms with E-state index in [4.69, 9.17) is 21.1 Å². The molecule has 0 saturated carbocycles. The maximum Gasteiger partial charge on any atom is 0.251 e. The molecule has 1 amide bonds. The van der Waals surface area contributed by atoms with E-state index in [1.165, 1.54) is 0 Å². The van der Waals surface area contributed by atoms with Crippen LogP contribution in [0.2, 0.25) is 0 Å². The van der Waals surface area contributed by atoms with E-state index in [0.29, 0.717) is 23.8 Å². The number of hydrogen-bond donors (Lipinski definition) is 1. The van der Waals surface area contributed by atoms with E-state index in [-0.39, 0.29) is 11.9 Å². The third-order valence-electron chi connectivity index (χ3n) is 2.24. The van der Waals surface area contributed by atoms with Gasteiger partial charge in [0.25, 0.3) is 5.91 Å².